The van der Waals surface area contributed by atoms with E-state index < -0.39 is 17.8 Å². The van der Waals surface area contributed by atoms with Crippen LogP contribution < -0.4 is 10.5 Å². The molecule has 170 valence electrons. The minimum Gasteiger partial charge on any atom is -0.491 e. The number of nitrogens with zero attached hydrogens (tertiary/aromatic N) is 4. The van der Waals surface area contributed by atoms with Crippen LogP contribution in [0.2, 0.25) is 0 Å². The lowest BCUT2D eigenvalue weighted by molar-refractivity contribution is -0.137. The number of aromatic nitrogens is 3. The first-order valence-corrected chi connectivity index (χ1v) is 10.2. The van der Waals surface area contributed by atoms with Crippen LogP contribution in [0.5, 0.6) is 5.75 Å². The van der Waals surface area contributed by atoms with E-state index in [4.69, 9.17) is 10.5 Å². The molecule has 0 fully saturated rings. The maximum atomic E-state index is 13.3. The largest absolute Gasteiger partial charge is 0.491 e. The number of alkyl halides is 3. The lowest BCUT2D eigenvalue weighted by Crippen LogP contribution is -2.32. The van der Waals surface area contributed by atoms with Crippen molar-refractivity contribution in [2.75, 3.05) is 19.4 Å². The predicted octanol–water partition coefficient (Wildman–Crippen LogP) is 4.31. The van der Waals surface area contributed by atoms with Crippen molar-refractivity contribution in [2.24, 2.45) is 0 Å². The molecule has 5 rings (SSSR count). The fourth-order valence-corrected chi connectivity index (χ4v) is 4.41. The zero-order valence-corrected chi connectivity index (χ0v) is 18.1. The molecule has 0 saturated carbocycles. The molecule has 0 bridgehead atoms. The highest BCUT2D eigenvalue weighted by Crippen LogP contribution is 2.40. The monoisotopic (exact) mass is 455 g/mol. The van der Waals surface area contributed by atoms with E-state index in [9.17, 15) is 18.0 Å². The molecule has 0 saturated heterocycles. The van der Waals surface area contributed by atoms with Crippen molar-refractivity contribution < 1.29 is 22.7 Å². The molecule has 3 heterocycles. The Morgan fingerprint density at radius 2 is 1.94 bits per heavy atom. The summed E-state index contributed by atoms with van der Waals surface area (Å²) in [7, 11) is 1.61. The van der Waals surface area contributed by atoms with Gasteiger partial charge in [-0.3, -0.25) is 9.20 Å². The number of nitrogen functional groups attached to an aromatic ring is 1. The summed E-state index contributed by atoms with van der Waals surface area (Å²) in [4.78, 5) is 23.7. The molecular formula is C23H20F3N5O2. The average molecular weight is 455 g/mol. The Balaban J connectivity index is 1.52. The van der Waals surface area contributed by atoms with Gasteiger partial charge in [0.25, 0.3) is 5.91 Å². The second-order valence-corrected chi connectivity index (χ2v) is 8.12. The number of ether oxygens (including phenoxy) is 1. The Morgan fingerprint density at radius 1 is 1.18 bits per heavy atom. The Kier molecular flexibility index (Phi) is 4.52. The minimum absolute atomic E-state index is 0.0780. The summed E-state index contributed by atoms with van der Waals surface area (Å²) < 4.78 is 46.4. The van der Waals surface area contributed by atoms with Gasteiger partial charge in [0.15, 0.2) is 0 Å². The molecule has 4 aromatic rings. The van der Waals surface area contributed by atoms with E-state index in [1.54, 1.807) is 25.2 Å². The normalized spacial score (nSPS) is 15.6. The van der Waals surface area contributed by atoms with Gasteiger partial charge >= 0.3 is 6.18 Å². The number of likely N-dealkylation sites (N-methyl/N-ethyl adjacent to an activating group) is 1. The number of aryl methyl sites for hydroxylation is 2. The van der Waals surface area contributed by atoms with Crippen LogP contribution in [-0.4, -0.2) is 38.8 Å². The van der Waals surface area contributed by atoms with Gasteiger partial charge in [-0.05, 0) is 44.2 Å². The van der Waals surface area contributed by atoms with Crippen LogP contribution in [0, 0.1) is 13.8 Å². The van der Waals surface area contributed by atoms with Crippen LogP contribution in [0.4, 0.5) is 19.0 Å². The van der Waals surface area contributed by atoms with Crippen molar-refractivity contribution in [3.63, 3.8) is 0 Å². The van der Waals surface area contributed by atoms with E-state index in [1.165, 1.54) is 11.0 Å². The Labute approximate surface area is 186 Å². The molecule has 0 unspecified atom stereocenters. The smallest absolute Gasteiger partial charge is 0.416 e. The average Bonchev–Trinajstić information content (AvgIpc) is 3.32. The summed E-state index contributed by atoms with van der Waals surface area (Å²) in [5.41, 5.74) is 9.02. The Hall–Kier alpha value is -3.82. The molecule has 10 heteroatoms. The third kappa shape index (κ3) is 3.24. The summed E-state index contributed by atoms with van der Waals surface area (Å²) >= 11 is 0. The fourth-order valence-electron chi connectivity index (χ4n) is 4.41. The molecule has 0 radical (unpaired) electrons. The zero-order valence-electron chi connectivity index (χ0n) is 18.1. The number of halogens is 3. The number of amides is 1. The number of anilines is 1. The van der Waals surface area contributed by atoms with Crippen LogP contribution in [0.1, 0.15) is 39.0 Å². The summed E-state index contributed by atoms with van der Waals surface area (Å²) in [6.45, 7) is 3.77. The molecule has 33 heavy (non-hydrogen) atoms. The van der Waals surface area contributed by atoms with Crippen molar-refractivity contribution in [2.45, 2.75) is 26.1 Å². The summed E-state index contributed by atoms with van der Waals surface area (Å²) in [5, 5.41) is 0. The number of hydrogen-bond donors (Lipinski definition) is 1. The van der Waals surface area contributed by atoms with Crippen molar-refractivity contribution in [3.05, 3.63) is 64.6 Å². The molecule has 1 amide bonds. The van der Waals surface area contributed by atoms with E-state index in [2.05, 4.69) is 9.97 Å². The standard InChI is InChI=1S/C23H20F3N5O2/c1-11-20-21(27)29-16-7-4-13(8-17(16)31(20)12(2)28-11)22(32)30(3)18-10-33-19-9-14(23(24,25)26)5-6-15(18)19/h4-9,18H,10H2,1-3H3,(H2,27,29)/t18-/m1/s1. The van der Waals surface area contributed by atoms with Gasteiger partial charge in [-0.15, -0.1) is 0 Å². The maximum absolute atomic E-state index is 13.3. The van der Waals surface area contributed by atoms with Crippen molar-refractivity contribution >= 4 is 28.3 Å². The summed E-state index contributed by atoms with van der Waals surface area (Å²) in [6.07, 6.45) is -4.46. The number of fused-ring (bicyclic) bond motifs is 4. The van der Waals surface area contributed by atoms with E-state index in [0.717, 1.165) is 23.7 Å². The van der Waals surface area contributed by atoms with E-state index in [0.29, 0.717) is 33.5 Å². The van der Waals surface area contributed by atoms with Crippen molar-refractivity contribution in [1.82, 2.24) is 19.3 Å². The number of benzene rings is 2. The van der Waals surface area contributed by atoms with Crippen LogP contribution in [0.3, 0.4) is 0 Å². The highest BCUT2D eigenvalue weighted by atomic mass is 19.4. The lowest BCUT2D eigenvalue weighted by Gasteiger charge is -2.24. The highest BCUT2D eigenvalue weighted by molar-refractivity contribution is 5.98. The van der Waals surface area contributed by atoms with Crippen LogP contribution >= 0.6 is 0 Å². The van der Waals surface area contributed by atoms with Gasteiger partial charge < -0.3 is 15.4 Å². The second kappa shape index (κ2) is 7.09. The van der Waals surface area contributed by atoms with Crippen LogP contribution in [0.15, 0.2) is 36.4 Å². The van der Waals surface area contributed by atoms with Gasteiger partial charge in [-0.2, -0.15) is 13.2 Å². The number of nitrogens with two attached hydrogens (primary N) is 1. The SMILES string of the molecule is Cc1nc(C)n2c1c(N)nc1ccc(C(=O)N(C)[C@@H]3COc4cc(C(F)(F)F)ccc43)cc12. The van der Waals surface area contributed by atoms with Gasteiger partial charge in [0, 0.05) is 18.2 Å². The molecular weight excluding hydrogens is 435 g/mol. The summed E-state index contributed by atoms with van der Waals surface area (Å²) in [5.74, 6) is 0.921. The topological polar surface area (TPSA) is 85.8 Å². The number of imidazole rings is 1. The van der Waals surface area contributed by atoms with Crippen molar-refractivity contribution in [3.8, 4) is 5.75 Å². The maximum Gasteiger partial charge on any atom is 0.416 e. The number of carbonyl (C=O) groups is 1. The van der Waals surface area contributed by atoms with E-state index >= 15 is 0 Å². The molecule has 2 aromatic carbocycles. The fraction of sp³-hybridized carbons (Fsp3) is 0.261. The molecule has 0 spiro atoms. The van der Waals surface area contributed by atoms with Crippen LogP contribution in [0.25, 0.3) is 16.6 Å². The summed E-state index contributed by atoms with van der Waals surface area (Å²) in [6, 6.07) is 7.94. The lowest BCUT2D eigenvalue weighted by atomic mass is 10.0. The van der Waals surface area contributed by atoms with Gasteiger partial charge in [-0.1, -0.05) is 6.07 Å². The van der Waals surface area contributed by atoms with E-state index in [1.807, 2.05) is 18.2 Å². The first kappa shape index (κ1) is 21.0. The van der Waals surface area contributed by atoms with Gasteiger partial charge in [0.2, 0.25) is 0 Å². The Bertz CT molecular complexity index is 1440. The molecule has 1 aliphatic heterocycles. The highest BCUT2D eigenvalue weighted by Gasteiger charge is 2.36. The number of carbonyl (C=O) groups excluding carboxylic acids is 1. The molecule has 1 atom stereocenters. The van der Waals surface area contributed by atoms with Crippen molar-refractivity contribution in [1.29, 1.82) is 0 Å². The Morgan fingerprint density at radius 3 is 2.67 bits per heavy atom. The number of rotatable bonds is 2. The molecule has 0 aliphatic carbocycles. The minimum atomic E-state index is -4.46. The number of hydrogen-bond acceptors (Lipinski definition) is 5. The van der Waals surface area contributed by atoms with Gasteiger partial charge in [0.05, 0.1) is 28.3 Å². The molecule has 2 N–H and O–H groups in total. The third-order valence-corrected chi connectivity index (χ3v) is 6.05. The van der Waals surface area contributed by atoms with Gasteiger partial charge in [-0.25, -0.2) is 9.97 Å². The van der Waals surface area contributed by atoms with E-state index in [-0.39, 0.29) is 18.3 Å². The molecule has 2 aromatic heterocycles. The first-order chi connectivity index (χ1) is 15.6. The first-order valence-electron chi connectivity index (χ1n) is 10.2. The van der Waals surface area contributed by atoms with Gasteiger partial charge in [0.1, 0.15) is 29.5 Å². The van der Waals surface area contributed by atoms with Crippen LogP contribution in [-0.2, 0) is 6.18 Å². The molecule has 7 nitrogen and oxygen atoms in total. The third-order valence-electron chi connectivity index (χ3n) is 6.05. The zero-order chi connectivity index (χ0) is 23.7. The molecule has 1 aliphatic rings. The second-order valence-electron chi connectivity index (χ2n) is 8.12. The predicted molar refractivity (Wildman–Crippen MR) is 116 cm³/mol. The quantitative estimate of drug-likeness (QED) is 0.487.